The van der Waals surface area contributed by atoms with Crippen LogP contribution in [0.2, 0.25) is 0 Å². The molecule has 1 amide bonds. The smallest absolute Gasteiger partial charge is 0.242 e. The Morgan fingerprint density at radius 3 is 2.53 bits per heavy atom. The molecule has 0 bridgehead atoms. The van der Waals surface area contributed by atoms with E-state index < -0.39 is 42.5 Å². The number of hydrogen-bond donors (Lipinski definition) is 6. The van der Waals surface area contributed by atoms with Gasteiger partial charge in [0.1, 0.15) is 9.79 Å². The number of carbonyl (C=O) groups is 1. The third-order valence-corrected chi connectivity index (χ3v) is 7.64. The van der Waals surface area contributed by atoms with E-state index in [2.05, 4.69) is 25.3 Å². The summed E-state index contributed by atoms with van der Waals surface area (Å²) in [7, 11) is -9.19. The summed E-state index contributed by atoms with van der Waals surface area (Å²) in [5, 5.41) is 37.3. The molecule has 0 unspecified atom stereocenters. The van der Waals surface area contributed by atoms with Gasteiger partial charge in [-0.25, -0.2) is 26.7 Å². The van der Waals surface area contributed by atoms with Gasteiger partial charge in [0.25, 0.3) is 0 Å². The maximum atomic E-state index is 13.0. The molecule has 18 heteroatoms. The first-order valence-corrected chi connectivity index (χ1v) is 13.0. The van der Waals surface area contributed by atoms with Crippen LogP contribution in [-0.4, -0.2) is 110 Å². The van der Waals surface area contributed by atoms with Crippen molar-refractivity contribution in [3.63, 3.8) is 0 Å². The maximum absolute atomic E-state index is 13.0. The number of rotatable bonds is 10. The monoisotopic (exact) mass is 519 g/mol. The molecule has 16 nitrogen and oxygen atoms in total. The highest BCUT2D eigenvalue weighted by Gasteiger charge is 2.35. The first kappa shape index (κ1) is 25.9. The summed E-state index contributed by atoms with van der Waals surface area (Å²) in [6.07, 6.45) is -1.20. The van der Waals surface area contributed by atoms with E-state index in [4.69, 9.17) is 16.0 Å². The minimum Gasteiger partial charge on any atom is -0.395 e. The Morgan fingerprint density at radius 2 is 1.97 bits per heavy atom. The number of β-amino-alcohol motifs (C(OH)–C–C–N with tert-alkyl or cyclic N) is 1. The number of H-pyrrole nitrogens is 1. The molecule has 1 aliphatic rings. The minimum atomic E-state index is -4.69. The fraction of sp³-hybridized carbons (Fsp3) is 0.500. The fourth-order valence-corrected chi connectivity index (χ4v) is 6.10. The number of piperazine rings is 1. The number of tetrazole rings is 1. The molecule has 0 spiro atoms. The third-order valence-electron chi connectivity index (χ3n) is 5.05. The second kappa shape index (κ2) is 10.3. The highest BCUT2D eigenvalue weighted by molar-refractivity contribution is 7.92. The molecule has 2 heterocycles. The van der Waals surface area contributed by atoms with Gasteiger partial charge in [0, 0.05) is 38.4 Å². The summed E-state index contributed by atoms with van der Waals surface area (Å²) in [4.78, 5) is 14.0. The Bertz CT molecular complexity index is 1240. The van der Waals surface area contributed by atoms with Crippen molar-refractivity contribution in [1.82, 2.24) is 30.2 Å². The van der Waals surface area contributed by atoms with E-state index in [1.54, 1.807) is 0 Å². The van der Waals surface area contributed by atoms with Crippen LogP contribution in [0.1, 0.15) is 0 Å². The summed E-state index contributed by atoms with van der Waals surface area (Å²) in [6.45, 7) is -0.473. The number of nitrogens with one attached hydrogen (secondary N) is 2. The number of aromatic nitrogens is 4. The Kier molecular flexibility index (Phi) is 7.81. The van der Waals surface area contributed by atoms with Crippen LogP contribution in [0.4, 0.5) is 5.69 Å². The van der Waals surface area contributed by atoms with Crippen molar-refractivity contribution < 1.29 is 31.8 Å². The minimum absolute atomic E-state index is 0.142. The molecule has 34 heavy (non-hydrogen) atoms. The molecule has 1 aromatic heterocycles. The quantitative estimate of drug-likeness (QED) is 0.175. The number of benzene rings is 1. The van der Waals surface area contributed by atoms with E-state index >= 15 is 0 Å². The first-order chi connectivity index (χ1) is 16.0. The van der Waals surface area contributed by atoms with Crippen LogP contribution in [-0.2, 0) is 24.8 Å². The van der Waals surface area contributed by atoms with E-state index in [1.807, 2.05) is 0 Å². The molecule has 3 rings (SSSR count). The Balaban J connectivity index is 2.18. The summed E-state index contributed by atoms with van der Waals surface area (Å²) in [5.74, 6) is -0.589. The zero-order valence-electron chi connectivity index (χ0n) is 17.8. The van der Waals surface area contributed by atoms with Crippen LogP contribution >= 0.6 is 0 Å². The number of nitrogens with two attached hydrogens (primary N) is 2. The van der Waals surface area contributed by atoms with Crippen molar-refractivity contribution in [3.05, 3.63) is 12.1 Å². The van der Waals surface area contributed by atoms with Crippen molar-refractivity contribution in [1.29, 1.82) is 0 Å². The molecule has 1 saturated heterocycles. The van der Waals surface area contributed by atoms with Gasteiger partial charge in [0.15, 0.2) is 0 Å². The van der Waals surface area contributed by atoms with E-state index in [0.717, 1.165) is 6.07 Å². The summed E-state index contributed by atoms with van der Waals surface area (Å²) in [6, 6.07) is 2.34. The second-order valence-corrected chi connectivity index (χ2v) is 10.6. The van der Waals surface area contributed by atoms with Gasteiger partial charge >= 0.3 is 0 Å². The molecular weight excluding hydrogens is 494 g/mol. The molecular formula is C16H25N9O7S2. The van der Waals surface area contributed by atoms with Gasteiger partial charge in [0.2, 0.25) is 31.8 Å². The van der Waals surface area contributed by atoms with Crippen molar-refractivity contribution >= 4 is 31.6 Å². The Hall–Kier alpha value is -2.74. The highest BCUT2D eigenvalue weighted by Crippen LogP contribution is 2.38. The number of carbonyl (C=O) groups excluding carboxylic acids is 1. The molecule has 2 aromatic rings. The van der Waals surface area contributed by atoms with Crippen molar-refractivity contribution in [2.24, 2.45) is 10.9 Å². The van der Waals surface area contributed by atoms with Gasteiger partial charge in [-0.2, -0.15) is 5.21 Å². The van der Waals surface area contributed by atoms with Gasteiger partial charge in [-0.05, 0) is 17.3 Å². The third kappa shape index (κ3) is 5.49. The Morgan fingerprint density at radius 1 is 1.24 bits per heavy atom. The standard InChI is InChI=1S/C16H25N9O7S2/c17-7-10(27)8-19-34(31,32)12-2-1-11(25-4-3-24(5-6-26)13(28)9-25)14(15(12)33(18,29)30)16-20-22-23-21-16/h1-2,10,19,26-27H,3-9,17H2,(H2,18,29,30)(H,20,21,22,23)/t10-/m1/s1. The number of sulfonamides is 2. The molecule has 0 radical (unpaired) electrons. The largest absolute Gasteiger partial charge is 0.395 e. The number of aliphatic hydroxyl groups is 2. The average Bonchev–Trinajstić information content (AvgIpc) is 3.32. The van der Waals surface area contributed by atoms with Gasteiger partial charge in [-0.3, -0.25) is 4.79 Å². The fourth-order valence-electron chi connectivity index (χ4n) is 3.43. The van der Waals surface area contributed by atoms with E-state index in [-0.39, 0.29) is 62.3 Å². The van der Waals surface area contributed by atoms with Crippen LogP contribution in [0.15, 0.2) is 21.9 Å². The number of nitrogens with zero attached hydrogens (tertiary/aromatic N) is 5. The second-order valence-electron chi connectivity index (χ2n) is 7.33. The number of anilines is 1. The molecule has 1 atom stereocenters. The zero-order valence-corrected chi connectivity index (χ0v) is 19.5. The van der Waals surface area contributed by atoms with E-state index in [0.29, 0.717) is 0 Å². The number of aromatic amines is 1. The van der Waals surface area contributed by atoms with Crippen LogP contribution < -0.4 is 20.5 Å². The number of hydrogen-bond acceptors (Lipinski definition) is 12. The number of aliphatic hydroxyl groups excluding tert-OH is 2. The van der Waals surface area contributed by atoms with Gasteiger partial charge < -0.3 is 25.7 Å². The highest BCUT2D eigenvalue weighted by atomic mass is 32.2. The molecule has 1 fully saturated rings. The molecule has 1 aliphatic heterocycles. The van der Waals surface area contributed by atoms with Gasteiger partial charge in [-0.1, -0.05) is 0 Å². The molecule has 1 aromatic carbocycles. The van der Waals surface area contributed by atoms with Crippen LogP contribution in [0.3, 0.4) is 0 Å². The van der Waals surface area contributed by atoms with E-state index in [9.17, 15) is 26.7 Å². The summed E-state index contributed by atoms with van der Waals surface area (Å²) >= 11 is 0. The Labute approximate surface area is 195 Å². The van der Waals surface area contributed by atoms with Crippen molar-refractivity contribution in [3.8, 4) is 11.4 Å². The zero-order chi connectivity index (χ0) is 25.1. The SMILES string of the molecule is NC[C@@H](O)CNS(=O)(=O)c1ccc(N2CCN(CCO)C(=O)C2)c(-c2nn[nH]n2)c1S(N)(=O)=O. The molecule has 8 N–H and O–H groups in total. The summed E-state index contributed by atoms with van der Waals surface area (Å²) < 4.78 is 53.3. The van der Waals surface area contributed by atoms with E-state index in [1.165, 1.54) is 15.9 Å². The first-order valence-electron chi connectivity index (χ1n) is 9.94. The lowest BCUT2D eigenvalue weighted by Crippen LogP contribution is -2.51. The topological polar surface area (TPSA) is 251 Å². The lowest BCUT2D eigenvalue weighted by molar-refractivity contribution is -0.131. The molecule has 188 valence electrons. The maximum Gasteiger partial charge on any atom is 0.242 e. The lowest BCUT2D eigenvalue weighted by atomic mass is 10.1. The summed E-state index contributed by atoms with van der Waals surface area (Å²) in [5.41, 5.74) is 5.17. The predicted octanol–water partition coefficient (Wildman–Crippen LogP) is -4.25. The van der Waals surface area contributed by atoms with Gasteiger partial charge in [0.05, 0.1) is 24.8 Å². The molecule has 0 aliphatic carbocycles. The van der Waals surface area contributed by atoms with Crippen LogP contribution in [0, 0.1) is 0 Å². The van der Waals surface area contributed by atoms with Gasteiger partial charge in [-0.15, -0.1) is 10.2 Å². The predicted molar refractivity (Wildman–Crippen MR) is 117 cm³/mol. The van der Waals surface area contributed by atoms with Crippen molar-refractivity contribution in [2.45, 2.75) is 15.9 Å². The van der Waals surface area contributed by atoms with Crippen molar-refractivity contribution in [2.75, 3.05) is 50.8 Å². The number of amides is 1. The van der Waals surface area contributed by atoms with Crippen LogP contribution in [0.25, 0.3) is 11.4 Å². The normalized spacial score (nSPS) is 16.2. The average molecular weight is 520 g/mol. The van der Waals surface area contributed by atoms with Crippen LogP contribution in [0.5, 0.6) is 0 Å². The molecule has 0 saturated carbocycles. The lowest BCUT2D eigenvalue weighted by Gasteiger charge is -2.36. The number of primary sulfonamides is 1.